The number of rotatable bonds is 7. The SMILES string of the molecule is COc1ccc(Nc2cc(C(F)(F)F)nc(N[C@@H](C)CO)n2)cc1OC. The van der Waals surface area contributed by atoms with Gasteiger partial charge in [0.15, 0.2) is 17.2 Å². The molecule has 1 aromatic heterocycles. The van der Waals surface area contributed by atoms with E-state index < -0.39 is 17.9 Å². The van der Waals surface area contributed by atoms with E-state index in [1.807, 2.05) is 0 Å². The van der Waals surface area contributed by atoms with Crippen LogP contribution < -0.4 is 20.1 Å². The molecule has 0 bridgehead atoms. The molecule has 3 N–H and O–H groups in total. The maximum Gasteiger partial charge on any atom is 0.433 e. The van der Waals surface area contributed by atoms with Crippen molar-refractivity contribution in [2.45, 2.75) is 19.1 Å². The van der Waals surface area contributed by atoms with Crippen molar-refractivity contribution in [3.63, 3.8) is 0 Å². The Kier molecular flexibility index (Phi) is 6.09. The third-order valence-electron chi connectivity index (χ3n) is 3.32. The first-order valence-electron chi connectivity index (χ1n) is 7.59. The second kappa shape index (κ2) is 8.09. The van der Waals surface area contributed by atoms with Gasteiger partial charge in [-0.3, -0.25) is 0 Å². The molecule has 0 radical (unpaired) electrons. The minimum atomic E-state index is -4.64. The number of aromatic nitrogens is 2. The molecule has 0 aliphatic rings. The van der Waals surface area contributed by atoms with E-state index in [1.54, 1.807) is 25.1 Å². The number of halogens is 3. The molecule has 0 amide bonds. The molecule has 1 atom stereocenters. The fraction of sp³-hybridized carbons (Fsp3) is 0.375. The summed E-state index contributed by atoms with van der Waals surface area (Å²) >= 11 is 0. The van der Waals surface area contributed by atoms with Crippen molar-refractivity contribution >= 4 is 17.5 Å². The van der Waals surface area contributed by atoms with Crippen molar-refractivity contribution in [1.82, 2.24) is 9.97 Å². The second-order valence-corrected chi connectivity index (χ2v) is 5.38. The third kappa shape index (κ3) is 4.88. The molecule has 0 aliphatic heterocycles. The Morgan fingerprint density at radius 1 is 1.12 bits per heavy atom. The molecule has 10 heteroatoms. The van der Waals surface area contributed by atoms with Crippen LogP contribution in [0, 0.1) is 0 Å². The van der Waals surface area contributed by atoms with Gasteiger partial charge in [-0.2, -0.15) is 18.2 Å². The highest BCUT2D eigenvalue weighted by Gasteiger charge is 2.34. The Morgan fingerprint density at radius 3 is 2.38 bits per heavy atom. The Balaban J connectivity index is 2.37. The van der Waals surface area contributed by atoms with Crippen molar-refractivity contribution < 1.29 is 27.8 Å². The monoisotopic (exact) mass is 372 g/mol. The van der Waals surface area contributed by atoms with Gasteiger partial charge in [0.1, 0.15) is 5.82 Å². The molecule has 7 nitrogen and oxygen atoms in total. The van der Waals surface area contributed by atoms with E-state index in [1.165, 1.54) is 14.2 Å². The predicted molar refractivity (Wildman–Crippen MR) is 90.0 cm³/mol. The highest BCUT2D eigenvalue weighted by Crippen LogP contribution is 2.33. The van der Waals surface area contributed by atoms with Gasteiger partial charge in [0, 0.05) is 23.9 Å². The molecular weight excluding hydrogens is 353 g/mol. The van der Waals surface area contributed by atoms with Crippen LogP contribution in [-0.4, -0.2) is 41.9 Å². The molecule has 1 aromatic carbocycles. The summed E-state index contributed by atoms with van der Waals surface area (Å²) < 4.78 is 49.6. The summed E-state index contributed by atoms with van der Waals surface area (Å²) in [6.45, 7) is 1.31. The van der Waals surface area contributed by atoms with Crippen LogP contribution in [0.2, 0.25) is 0 Å². The molecule has 0 unspecified atom stereocenters. The van der Waals surface area contributed by atoms with E-state index >= 15 is 0 Å². The zero-order valence-electron chi connectivity index (χ0n) is 14.4. The first-order chi connectivity index (χ1) is 12.3. The Labute approximate surface area is 148 Å². The summed E-state index contributed by atoms with van der Waals surface area (Å²) in [7, 11) is 2.93. The van der Waals surface area contributed by atoms with Crippen molar-refractivity contribution in [3.05, 3.63) is 30.0 Å². The number of hydrogen-bond acceptors (Lipinski definition) is 7. The predicted octanol–water partition coefficient (Wildman–Crippen LogP) is 3.05. The molecule has 0 aliphatic carbocycles. The van der Waals surface area contributed by atoms with Crippen LogP contribution in [0.1, 0.15) is 12.6 Å². The van der Waals surface area contributed by atoms with E-state index in [9.17, 15) is 13.2 Å². The molecule has 2 aromatic rings. The molecule has 0 saturated carbocycles. The Morgan fingerprint density at radius 2 is 1.81 bits per heavy atom. The van der Waals surface area contributed by atoms with Gasteiger partial charge in [-0.25, -0.2) is 4.98 Å². The van der Waals surface area contributed by atoms with Crippen LogP contribution in [0.5, 0.6) is 11.5 Å². The van der Waals surface area contributed by atoms with Crippen LogP contribution in [0.3, 0.4) is 0 Å². The number of anilines is 3. The van der Waals surface area contributed by atoms with Crippen molar-refractivity contribution in [1.29, 1.82) is 0 Å². The number of nitrogens with one attached hydrogen (secondary N) is 2. The number of aliphatic hydroxyl groups is 1. The van der Waals surface area contributed by atoms with Gasteiger partial charge < -0.3 is 25.2 Å². The number of ether oxygens (including phenoxy) is 2. The average Bonchev–Trinajstić information content (AvgIpc) is 2.60. The zero-order chi connectivity index (χ0) is 19.3. The van der Waals surface area contributed by atoms with E-state index in [2.05, 4.69) is 20.6 Å². The number of alkyl halides is 3. The molecule has 0 saturated heterocycles. The molecule has 1 heterocycles. The molecule has 2 rings (SSSR count). The lowest BCUT2D eigenvalue weighted by Crippen LogP contribution is -2.22. The normalized spacial score (nSPS) is 12.4. The standard InChI is InChI=1S/C16H19F3N4O3/c1-9(8-24)20-15-22-13(16(17,18)19)7-14(23-15)21-10-4-5-11(25-2)12(6-10)26-3/h4-7,9,24H,8H2,1-3H3,(H2,20,21,22,23)/t9-/m0/s1. The number of aliphatic hydroxyl groups excluding tert-OH is 1. The summed E-state index contributed by atoms with van der Waals surface area (Å²) in [5.41, 5.74) is -0.654. The smallest absolute Gasteiger partial charge is 0.433 e. The quantitative estimate of drug-likeness (QED) is 0.688. The first-order valence-corrected chi connectivity index (χ1v) is 7.59. The maximum absolute atomic E-state index is 13.1. The average molecular weight is 372 g/mol. The number of nitrogens with zero attached hydrogens (tertiary/aromatic N) is 2. The van der Waals surface area contributed by atoms with Gasteiger partial charge in [0.25, 0.3) is 0 Å². The summed E-state index contributed by atoms with van der Waals surface area (Å²) in [4.78, 5) is 7.46. The molecule has 0 fully saturated rings. The summed E-state index contributed by atoms with van der Waals surface area (Å²) in [5.74, 6) is 0.585. The van der Waals surface area contributed by atoms with Crippen LogP contribution in [0.25, 0.3) is 0 Å². The molecular formula is C16H19F3N4O3. The number of hydrogen-bond donors (Lipinski definition) is 3. The summed E-state index contributed by atoms with van der Waals surface area (Å²) in [6, 6.07) is 5.08. The fourth-order valence-corrected chi connectivity index (χ4v) is 2.05. The second-order valence-electron chi connectivity index (χ2n) is 5.38. The van der Waals surface area contributed by atoms with Crippen molar-refractivity contribution in [2.24, 2.45) is 0 Å². The molecule has 26 heavy (non-hydrogen) atoms. The van der Waals surface area contributed by atoms with E-state index in [-0.39, 0.29) is 18.4 Å². The maximum atomic E-state index is 13.1. The van der Waals surface area contributed by atoms with Gasteiger partial charge in [-0.05, 0) is 19.1 Å². The van der Waals surface area contributed by atoms with Crippen molar-refractivity contribution in [2.75, 3.05) is 31.5 Å². The van der Waals surface area contributed by atoms with E-state index in [4.69, 9.17) is 14.6 Å². The van der Waals surface area contributed by atoms with Gasteiger partial charge >= 0.3 is 6.18 Å². The van der Waals surface area contributed by atoms with Gasteiger partial charge in [-0.1, -0.05) is 0 Å². The lowest BCUT2D eigenvalue weighted by Gasteiger charge is -2.15. The topological polar surface area (TPSA) is 88.5 Å². The minimum absolute atomic E-state index is 0.0628. The molecule has 142 valence electrons. The first kappa shape index (κ1) is 19.6. The molecule has 0 spiro atoms. The van der Waals surface area contributed by atoms with Crippen LogP contribution in [-0.2, 0) is 6.18 Å². The lowest BCUT2D eigenvalue weighted by atomic mass is 10.2. The Bertz CT molecular complexity index is 756. The minimum Gasteiger partial charge on any atom is -0.493 e. The highest BCUT2D eigenvalue weighted by atomic mass is 19.4. The number of methoxy groups -OCH3 is 2. The van der Waals surface area contributed by atoms with Gasteiger partial charge in [-0.15, -0.1) is 0 Å². The van der Waals surface area contributed by atoms with Gasteiger partial charge in [0.05, 0.1) is 20.8 Å². The summed E-state index contributed by atoms with van der Waals surface area (Å²) in [6.07, 6.45) is -4.64. The van der Waals surface area contributed by atoms with Crippen LogP contribution in [0.15, 0.2) is 24.3 Å². The van der Waals surface area contributed by atoms with Gasteiger partial charge in [0.2, 0.25) is 5.95 Å². The van der Waals surface area contributed by atoms with Crippen LogP contribution in [0.4, 0.5) is 30.6 Å². The van der Waals surface area contributed by atoms with E-state index in [0.29, 0.717) is 17.2 Å². The number of benzene rings is 1. The highest BCUT2D eigenvalue weighted by molar-refractivity contribution is 5.62. The van der Waals surface area contributed by atoms with Crippen molar-refractivity contribution in [3.8, 4) is 11.5 Å². The lowest BCUT2D eigenvalue weighted by molar-refractivity contribution is -0.141. The third-order valence-corrected chi connectivity index (χ3v) is 3.32. The van der Waals surface area contributed by atoms with Crippen LogP contribution >= 0.6 is 0 Å². The fourth-order valence-electron chi connectivity index (χ4n) is 2.05. The summed E-state index contributed by atoms with van der Waals surface area (Å²) in [5, 5.41) is 14.5. The Hall–Kier alpha value is -2.75. The zero-order valence-corrected chi connectivity index (χ0v) is 14.4. The van der Waals surface area contributed by atoms with E-state index in [0.717, 1.165) is 6.07 Å². The largest absolute Gasteiger partial charge is 0.493 e.